The Hall–Kier alpha value is -2.03. The molecule has 0 N–H and O–H groups in total. The number of ether oxygens (including phenoxy) is 1. The molecule has 2 rings (SSSR count). The summed E-state index contributed by atoms with van der Waals surface area (Å²) in [5.41, 5.74) is -1.18. The molecular weight excluding hydrogens is 342 g/mol. The second kappa shape index (κ2) is 5.76. The van der Waals surface area contributed by atoms with Crippen molar-refractivity contribution in [2.75, 3.05) is 0 Å². The highest BCUT2D eigenvalue weighted by molar-refractivity contribution is 9.10. The number of hydrogen-bond acceptors (Lipinski definition) is 6. The van der Waals surface area contributed by atoms with Gasteiger partial charge in [0, 0.05) is 6.20 Å². The molecule has 0 bridgehead atoms. The number of aromatic nitrogens is 5. The molecule has 2 aromatic heterocycles. The van der Waals surface area contributed by atoms with Crippen LogP contribution in [0, 0.1) is 0 Å². The van der Waals surface area contributed by atoms with E-state index in [0.29, 0.717) is 10.3 Å². The molecule has 0 fully saturated rings. The van der Waals surface area contributed by atoms with E-state index in [1.807, 2.05) is 0 Å². The van der Waals surface area contributed by atoms with Crippen molar-refractivity contribution in [1.82, 2.24) is 24.3 Å². The summed E-state index contributed by atoms with van der Waals surface area (Å²) in [5, 5.41) is 3.90. The van der Waals surface area contributed by atoms with Crippen molar-refractivity contribution in [3.05, 3.63) is 33.8 Å². The first-order chi connectivity index (χ1) is 9.76. The fraction of sp³-hybridized carbons (Fsp3) is 0.417. The maximum atomic E-state index is 12.0. The fourth-order valence-corrected chi connectivity index (χ4v) is 2.08. The van der Waals surface area contributed by atoms with Crippen molar-refractivity contribution in [3.8, 4) is 5.82 Å². The monoisotopic (exact) mass is 355 g/mol. The molecule has 8 nitrogen and oxygen atoms in total. The van der Waals surface area contributed by atoms with Gasteiger partial charge in [0.15, 0.2) is 5.82 Å². The van der Waals surface area contributed by atoms with Crippen molar-refractivity contribution in [1.29, 1.82) is 0 Å². The van der Waals surface area contributed by atoms with E-state index >= 15 is 0 Å². The fourth-order valence-electron chi connectivity index (χ4n) is 1.56. The lowest BCUT2D eigenvalue weighted by molar-refractivity contribution is -0.155. The van der Waals surface area contributed by atoms with Gasteiger partial charge in [0.25, 0.3) is 0 Å². The molecule has 0 amide bonds. The second-order valence-corrected chi connectivity index (χ2v) is 6.10. The van der Waals surface area contributed by atoms with E-state index in [1.165, 1.54) is 28.1 Å². The minimum atomic E-state index is -0.605. The lowest BCUT2D eigenvalue weighted by Crippen LogP contribution is -2.32. The maximum Gasteiger partial charge on any atom is 0.350 e. The molecule has 0 spiro atoms. The molecule has 0 aliphatic rings. The second-order valence-electron chi connectivity index (χ2n) is 5.25. The molecule has 0 radical (unpaired) electrons. The van der Waals surface area contributed by atoms with Crippen molar-refractivity contribution < 1.29 is 9.53 Å². The number of rotatable bonds is 3. The van der Waals surface area contributed by atoms with Crippen LogP contribution < -0.4 is 5.69 Å². The van der Waals surface area contributed by atoms with Gasteiger partial charge in [-0.25, -0.2) is 14.5 Å². The molecule has 9 heteroatoms. The number of esters is 1. The van der Waals surface area contributed by atoms with Crippen molar-refractivity contribution in [2.45, 2.75) is 32.9 Å². The summed E-state index contributed by atoms with van der Waals surface area (Å²) in [6, 6.07) is 0. The third-order valence-electron chi connectivity index (χ3n) is 2.29. The predicted molar refractivity (Wildman–Crippen MR) is 77.0 cm³/mol. The average molecular weight is 356 g/mol. The Morgan fingerprint density at radius 2 is 2.14 bits per heavy atom. The molecular formula is C12H14BrN5O3. The molecule has 0 aromatic carbocycles. The Kier molecular flexibility index (Phi) is 4.21. The largest absolute Gasteiger partial charge is 0.459 e. The van der Waals surface area contributed by atoms with Gasteiger partial charge in [-0.2, -0.15) is 10.1 Å². The normalized spacial score (nSPS) is 11.4. The SMILES string of the molecule is CC(C)(C)OC(=O)Cn1cc(Br)c(-n2cncn2)nc1=O. The standard InChI is InChI=1S/C12H14BrN5O3/c1-12(2,3)21-9(19)5-17-4-8(13)10(16-11(17)20)18-7-14-6-15-18/h4,6-7H,5H2,1-3H3. The van der Waals surface area contributed by atoms with Crippen LogP contribution in [0.5, 0.6) is 0 Å². The Bertz CT molecular complexity index is 703. The van der Waals surface area contributed by atoms with Gasteiger partial charge in [-0.3, -0.25) is 9.36 Å². The third kappa shape index (κ3) is 3.97. The summed E-state index contributed by atoms with van der Waals surface area (Å²) in [6.07, 6.45) is 4.22. The van der Waals surface area contributed by atoms with Crippen molar-refractivity contribution >= 4 is 21.9 Å². The van der Waals surface area contributed by atoms with Crippen LogP contribution >= 0.6 is 15.9 Å². The molecule has 0 saturated heterocycles. The molecule has 2 aromatic rings. The summed E-state index contributed by atoms with van der Waals surface area (Å²) in [5.74, 6) is -0.204. The van der Waals surface area contributed by atoms with E-state index in [-0.39, 0.29) is 6.54 Å². The zero-order chi connectivity index (χ0) is 15.6. The lowest BCUT2D eigenvalue weighted by atomic mass is 10.2. The Morgan fingerprint density at radius 1 is 1.43 bits per heavy atom. The molecule has 2 heterocycles. The smallest absolute Gasteiger partial charge is 0.350 e. The van der Waals surface area contributed by atoms with Crippen LogP contribution in [-0.4, -0.2) is 35.9 Å². The molecule has 21 heavy (non-hydrogen) atoms. The first kappa shape index (κ1) is 15.4. The quantitative estimate of drug-likeness (QED) is 0.760. The Balaban J connectivity index is 2.25. The highest BCUT2D eigenvalue weighted by Gasteiger charge is 2.18. The van der Waals surface area contributed by atoms with Crippen LogP contribution in [0.25, 0.3) is 5.82 Å². The van der Waals surface area contributed by atoms with Crippen LogP contribution in [0.1, 0.15) is 20.8 Å². The van der Waals surface area contributed by atoms with Gasteiger partial charge in [0.05, 0.1) is 4.47 Å². The molecule has 0 atom stereocenters. The maximum absolute atomic E-state index is 12.0. The van der Waals surface area contributed by atoms with E-state index in [4.69, 9.17) is 4.74 Å². The van der Waals surface area contributed by atoms with Gasteiger partial charge in [-0.1, -0.05) is 0 Å². The van der Waals surface area contributed by atoms with Crippen LogP contribution in [-0.2, 0) is 16.1 Å². The Morgan fingerprint density at radius 3 is 2.71 bits per heavy atom. The molecule has 0 aliphatic heterocycles. The molecule has 0 unspecified atom stereocenters. The number of hydrogen-bond donors (Lipinski definition) is 0. The number of carbonyl (C=O) groups is 1. The third-order valence-corrected chi connectivity index (χ3v) is 2.84. The van der Waals surface area contributed by atoms with E-state index < -0.39 is 17.3 Å². The number of carbonyl (C=O) groups excluding carboxylic acids is 1. The van der Waals surface area contributed by atoms with Crippen LogP contribution in [0.15, 0.2) is 28.1 Å². The zero-order valence-corrected chi connectivity index (χ0v) is 13.4. The van der Waals surface area contributed by atoms with E-state index in [0.717, 1.165) is 0 Å². The molecule has 0 aliphatic carbocycles. The van der Waals surface area contributed by atoms with E-state index in [9.17, 15) is 9.59 Å². The first-order valence-electron chi connectivity index (χ1n) is 6.10. The summed E-state index contributed by atoms with van der Waals surface area (Å²) in [7, 11) is 0. The van der Waals surface area contributed by atoms with Crippen molar-refractivity contribution in [3.63, 3.8) is 0 Å². The number of halogens is 1. The topological polar surface area (TPSA) is 91.9 Å². The summed E-state index contributed by atoms with van der Waals surface area (Å²) in [6.45, 7) is 5.07. The van der Waals surface area contributed by atoms with Gasteiger partial charge < -0.3 is 4.74 Å². The highest BCUT2D eigenvalue weighted by Crippen LogP contribution is 2.15. The van der Waals surface area contributed by atoms with Gasteiger partial charge >= 0.3 is 11.7 Å². The zero-order valence-electron chi connectivity index (χ0n) is 11.8. The minimum Gasteiger partial charge on any atom is -0.459 e. The Labute approximate surface area is 128 Å². The molecule has 0 saturated carbocycles. The lowest BCUT2D eigenvalue weighted by Gasteiger charge is -2.19. The molecule has 112 valence electrons. The summed E-state index contributed by atoms with van der Waals surface area (Å²) >= 11 is 3.29. The van der Waals surface area contributed by atoms with E-state index in [1.54, 1.807) is 20.8 Å². The minimum absolute atomic E-state index is 0.209. The predicted octanol–water partition coefficient (Wildman–Crippen LogP) is 0.928. The van der Waals surface area contributed by atoms with Gasteiger partial charge in [-0.05, 0) is 36.7 Å². The number of nitrogens with zero attached hydrogens (tertiary/aromatic N) is 5. The van der Waals surface area contributed by atoms with Gasteiger partial charge in [0.2, 0.25) is 0 Å². The van der Waals surface area contributed by atoms with Gasteiger partial charge in [-0.15, -0.1) is 0 Å². The van der Waals surface area contributed by atoms with E-state index in [2.05, 4.69) is 31.0 Å². The van der Waals surface area contributed by atoms with Crippen LogP contribution in [0.3, 0.4) is 0 Å². The van der Waals surface area contributed by atoms with Gasteiger partial charge in [0.1, 0.15) is 24.8 Å². The summed E-state index contributed by atoms with van der Waals surface area (Å²) in [4.78, 5) is 31.4. The average Bonchev–Trinajstić information content (AvgIpc) is 2.84. The van der Waals surface area contributed by atoms with Crippen LogP contribution in [0.4, 0.5) is 0 Å². The van der Waals surface area contributed by atoms with Crippen LogP contribution in [0.2, 0.25) is 0 Å². The summed E-state index contributed by atoms with van der Waals surface area (Å²) < 4.78 is 8.20. The first-order valence-corrected chi connectivity index (χ1v) is 6.89. The highest BCUT2D eigenvalue weighted by atomic mass is 79.9. The van der Waals surface area contributed by atoms with Crippen molar-refractivity contribution in [2.24, 2.45) is 0 Å².